The Hall–Kier alpha value is -3.04. The van der Waals surface area contributed by atoms with Crippen LogP contribution < -0.4 is 20.1 Å². The lowest BCUT2D eigenvalue weighted by Crippen LogP contribution is -2.13. The van der Waals surface area contributed by atoms with Crippen LogP contribution in [0.1, 0.15) is 23.1 Å². The van der Waals surface area contributed by atoms with Gasteiger partial charge in [-0.3, -0.25) is 9.59 Å². The summed E-state index contributed by atoms with van der Waals surface area (Å²) in [5.74, 6) is 1.57. The van der Waals surface area contributed by atoms with E-state index in [0.717, 1.165) is 38.2 Å². The number of hydrogen-bond donors (Lipinski definition) is 2. The molecular weight excluding hydrogens is 434 g/mol. The molecule has 1 aliphatic heterocycles. The SMILES string of the molecule is CC(=O)Nc1ccc(SCC(=O)Nc2nc(C)c(Cc3ccc4c(c3)OCO4)s2)cc1. The molecule has 2 amide bonds. The Morgan fingerprint density at radius 3 is 2.65 bits per heavy atom. The molecule has 0 spiro atoms. The molecule has 0 unspecified atom stereocenters. The summed E-state index contributed by atoms with van der Waals surface area (Å²) in [4.78, 5) is 30.0. The number of rotatable bonds is 7. The van der Waals surface area contributed by atoms with E-state index in [2.05, 4.69) is 15.6 Å². The van der Waals surface area contributed by atoms with E-state index in [-0.39, 0.29) is 24.4 Å². The number of hydrogen-bond acceptors (Lipinski definition) is 7. The average molecular weight is 456 g/mol. The number of fused-ring (bicyclic) bond motifs is 1. The number of carbonyl (C=O) groups is 2. The fourth-order valence-corrected chi connectivity index (χ4v) is 4.74. The smallest absolute Gasteiger partial charge is 0.236 e. The molecule has 0 saturated carbocycles. The Bertz CT molecular complexity index is 1110. The molecule has 160 valence electrons. The molecule has 4 rings (SSSR count). The van der Waals surface area contributed by atoms with Crippen LogP contribution in [0.3, 0.4) is 0 Å². The summed E-state index contributed by atoms with van der Waals surface area (Å²) in [5.41, 5.74) is 2.74. The summed E-state index contributed by atoms with van der Waals surface area (Å²) in [6.45, 7) is 3.67. The predicted octanol–water partition coefficient (Wildman–Crippen LogP) is 4.46. The van der Waals surface area contributed by atoms with Gasteiger partial charge in [-0.05, 0) is 48.9 Å². The Kier molecular flexibility index (Phi) is 6.43. The van der Waals surface area contributed by atoms with Crippen molar-refractivity contribution in [2.24, 2.45) is 0 Å². The molecule has 3 aromatic rings. The fraction of sp³-hybridized carbons (Fsp3) is 0.227. The molecule has 0 fully saturated rings. The number of thiazole rings is 1. The molecule has 0 radical (unpaired) electrons. The normalized spacial score (nSPS) is 11.9. The predicted molar refractivity (Wildman–Crippen MR) is 122 cm³/mol. The van der Waals surface area contributed by atoms with Crippen molar-refractivity contribution in [2.75, 3.05) is 23.2 Å². The number of anilines is 2. The maximum absolute atomic E-state index is 12.4. The lowest BCUT2D eigenvalue weighted by atomic mass is 10.1. The van der Waals surface area contributed by atoms with Gasteiger partial charge in [-0.25, -0.2) is 4.98 Å². The van der Waals surface area contributed by atoms with Crippen LogP contribution in [-0.4, -0.2) is 29.3 Å². The van der Waals surface area contributed by atoms with E-state index in [9.17, 15) is 9.59 Å². The van der Waals surface area contributed by atoms with Gasteiger partial charge in [-0.2, -0.15) is 0 Å². The maximum Gasteiger partial charge on any atom is 0.236 e. The second-order valence-electron chi connectivity index (χ2n) is 6.93. The summed E-state index contributed by atoms with van der Waals surface area (Å²) >= 11 is 2.91. The molecule has 2 N–H and O–H groups in total. The number of nitrogens with zero attached hydrogens (tertiary/aromatic N) is 1. The van der Waals surface area contributed by atoms with Gasteiger partial charge in [0.05, 0.1) is 11.4 Å². The first-order chi connectivity index (χ1) is 15.0. The van der Waals surface area contributed by atoms with Gasteiger partial charge in [-0.1, -0.05) is 6.07 Å². The van der Waals surface area contributed by atoms with Gasteiger partial charge >= 0.3 is 0 Å². The quantitative estimate of drug-likeness (QED) is 0.511. The van der Waals surface area contributed by atoms with Crippen molar-refractivity contribution in [2.45, 2.75) is 25.2 Å². The molecule has 7 nitrogen and oxygen atoms in total. The van der Waals surface area contributed by atoms with Crippen LogP contribution in [0.5, 0.6) is 11.5 Å². The van der Waals surface area contributed by atoms with Crippen molar-refractivity contribution < 1.29 is 19.1 Å². The Labute approximate surface area is 188 Å². The van der Waals surface area contributed by atoms with Gasteiger partial charge in [0.25, 0.3) is 0 Å². The molecule has 0 bridgehead atoms. The number of amides is 2. The molecule has 0 atom stereocenters. The van der Waals surface area contributed by atoms with E-state index < -0.39 is 0 Å². The van der Waals surface area contributed by atoms with Crippen LogP contribution in [0.2, 0.25) is 0 Å². The fourth-order valence-electron chi connectivity index (χ4n) is 3.02. The van der Waals surface area contributed by atoms with E-state index in [0.29, 0.717) is 11.6 Å². The van der Waals surface area contributed by atoms with Gasteiger partial charge in [0.2, 0.25) is 18.6 Å². The molecular formula is C22H21N3O4S2. The third-order valence-corrected chi connectivity index (χ3v) is 6.57. The number of thioether (sulfide) groups is 1. The number of ether oxygens (including phenoxy) is 2. The minimum atomic E-state index is -0.114. The number of benzene rings is 2. The molecule has 2 heterocycles. The topological polar surface area (TPSA) is 89.6 Å². The van der Waals surface area contributed by atoms with Gasteiger partial charge < -0.3 is 20.1 Å². The van der Waals surface area contributed by atoms with Crippen molar-refractivity contribution in [3.63, 3.8) is 0 Å². The van der Waals surface area contributed by atoms with E-state index in [1.807, 2.05) is 49.4 Å². The zero-order chi connectivity index (χ0) is 21.8. The highest BCUT2D eigenvalue weighted by Crippen LogP contribution is 2.34. The number of aryl methyl sites for hydroxylation is 1. The highest BCUT2D eigenvalue weighted by Gasteiger charge is 2.16. The lowest BCUT2D eigenvalue weighted by molar-refractivity contribution is -0.114. The monoisotopic (exact) mass is 455 g/mol. The van der Waals surface area contributed by atoms with E-state index in [4.69, 9.17) is 9.47 Å². The lowest BCUT2D eigenvalue weighted by Gasteiger charge is -2.05. The van der Waals surface area contributed by atoms with Crippen LogP contribution in [0, 0.1) is 6.92 Å². The first-order valence-electron chi connectivity index (χ1n) is 9.61. The third kappa shape index (κ3) is 5.56. The first kappa shape index (κ1) is 21.2. The zero-order valence-corrected chi connectivity index (χ0v) is 18.7. The van der Waals surface area contributed by atoms with Crippen molar-refractivity contribution in [3.05, 3.63) is 58.6 Å². The molecule has 9 heteroatoms. The summed E-state index contributed by atoms with van der Waals surface area (Å²) in [6.07, 6.45) is 0.714. The van der Waals surface area contributed by atoms with Crippen LogP contribution in [-0.2, 0) is 16.0 Å². The molecule has 1 aromatic heterocycles. The average Bonchev–Trinajstić information content (AvgIpc) is 3.33. The summed E-state index contributed by atoms with van der Waals surface area (Å²) in [5, 5.41) is 6.20. The second-order valence-corrected chi connectivity index (χ2v) is 9.07. The summed E-state index contributed by atoms with van der Waals surface area (Å²) < 4.78 is 10.8. The highest BCUT2D eigenvalue weighted by atomic mass is 32.2. The van der Waals surface area contributed by atoms with Crippen LogP contribution in [0.15, 0.2) is 47.4 Å². The molecule has 0 saturated heterocycles. The van der Waals surface area contributed by atoms with Crippen LogP contribution in [0.4, 0.5) is 10.8 Å². The van der Waals surface area contributed by atoms with Crippen LogP contribution in [0.25, 0.3) is 0 Å². The maximum atomic E-state index is 12.4. The largest absolute Gasteiger partial charge is 0.454 e. The first-order valence-corrected chi connectivity index (χ1v) is 11.4. The Balaban J connectivity index is 1.31. The standard InChI is InChI=1S/C22H21N3O4S2/c1-13-20(10-15-3-8-18-19(9-15)29-12-28-18)31-22(23-13)25-21(27)11-30-17-6-4-16(5-7-17)24-14(2)26/h3-9H,10-12H2,1-2H3,(H,24,26)(H,23,25,27). The minimum Gasteiger partial charge on any atom is -0.454 e. The molecule has 1 aliphatic rings. The van der Waals surface area contributed by atoms with Crippen LogP contribution >= 0.6 is 23.1 Å². The number of aromatic nitrogens is 1. The Morgan fingerprint density at radius 1 is 1.10 bits per heavy atom. The van der Waals surface area contributed by atoms with Crippen molar-refractivity contribution >= 4 is 45.7 Å². The molecule has 0 aliphatic carbocycles. The molecule has 31 heavy (non-hydrogen) atoms. The minimum absolute atomic E-state index is 0.112. The number of nitrogens with one attached hydrogen (secondary N) is 2. The Morgan fingerprint density at radius 2 is 1.87 bits per heavy atom. The second kappa shape index (κ2) is 9.40. The van der Waals surface area contributed by atoms with Crippen molar-refractivity contribution in [1.29, 1.82) is 0 Å². The number of carbonyl (C=O) groups excluding carboxylic acids is 2. The third-order valence-electron chi connectivity index (χ3n) is 4.49. The van der Waals surface area contributed by atoms with Gasteiger partial charge in [-0.15, -0.1) is 23.1 Å². The van der Waals surface area contributed by atoms with Gasteiger partial charge in [0, 0.05) is 28.8 Å². The zero-order valence-electron chi connectivity index (χ0n) is 17.1. The highest BCUT2D eigenvalue weighted by molar-refractivity contribution is 8.00. The summed E-state index contributed by atoms with van der Waals surface area (Å²) in [7, 11) is 0. The molecule has 2 aromatic carbocycles. The van der Waals surface area contributed by atoms with Crippen molar-refractivity contribution in [3.8, 4) is 11.5 Å². The van der Waals surface area contributed by atoms with E-state index >= 15 is 0 Å². The van der Waals surface area contributed by atoms with Gasteiger partial charge in [0.1, 0.15) is 0 Å². The summed E-state index contributed by atoms with van der Waals surface area (Å²) in [6, 6.07) is 13.3. The van der Waals surface area contributed by atoms with Crippen molar-refractivity contribution in [1.82, 2.24) is 4.98 Å². The van der Waals surface area contributed by atoms with E-state index in [1.54, 1.807) is 0 Å². The van der Waals surface area contributed by atoms with E-state index in [1.165, 1.54) is 30.0 Å². The van der Waals surface area contributed by atoms with Gasteiger partial charge in [0.15, 0.2) is 16.6 Å².